The zero-order valence-corrected chi connectivity index (χ0v) is 19.8. The summed E-state index contributed by atoms with van der Waals surface area (Å²) in [5.74, 6) is 2.35. The molecular weight excluding hydrogens is 466 g/mol. The first-order chi connectivity index (χ1) is 18.1. The summed E-state index contributed by atoms with van der Waals surface area (Å²) in [5, 5.41) is 15.4. The van der Waals surface area contributed by atoms with E-state index >= 15 is 0 Å². The van der Waals surface area contributed by atoms with Gasteiger partial charge in [0.2, 0.25) is 0 Å². The number of nitrogens with zero attached hydrogens (tertiary/aromatic N) is 5. The van der Waals surface area contributed by atoms with Crippen molar-refractivity contribution in [1.82, 2.24) is 24.9 Å². The lowest BCUT2D eigenvalue weighted by Gasteiger charge is -2.10. The third kappa shape index (κ3) is 4.65. The van der Waals surface area contributed by atoms with Crippen LogP contribution in [0.3, 0.4) is 0 Å². The summed E-state index contributed by atoms with van der Waals surface area (Å²) in [4.78, 5) is 21.9. The standard InChI is InChI=1S/C28H21N7O2/c1-18-30-25(17-26(31-18)35-15-5-14-29-35)32-21-9-11-22(12-10-21)33-28(36)20-8-13-24-23(16-20)27(37-34-24)19-6-3-2-4-7-19/h2-17H,1H3,(H,33,36)(H,30,31,32). The zero-order valence-electron chi connectivity index (χ0n) is 19.8. The normalized spacial score (nSPS) is 10.9. The maximum atomic E-state index is 13.0. The average molecular weight is 488 g/mol. The molecule has 0 atom stereocenters. The van der Waals surface area contributed by atoms with Crippen molar-refractivity contribution in [3.8, 4) is 17.1 Å². The molecule has 6 aromatic rings. The highest BCUT2D eigenvalue weighted by Crippen LogP contribution is 2.29. The topological polar surface area (TPSA) is 111 Å². The lowest BCUT2D eigenvalue weighted by Crippen LogP contribution is -2.11. The van der Waals surface area contributed by atoms with Crippen molar-refractivity contribution < 1.29 is 9.32 Å². The molecule has 0 bridgehead atoms. The number of benzene rings is 3. The SMILES string of the molecule is Cc1nc(Nc2ccc(NC(=O)c3ccc4noc(-c5ccccc5)c4c3)cc2)cc(-n2cccn2)n1. The summed E-state index contributed by atoms with van der Waals surface area (Å²) in [6, 6.07) is 26.1. The molecule has 1 amide bonds. The second-order valence-corrected chi connectivity index (χ2v) is 8.38. The van der Waals surface area contributed by atoms with Crippen molar-refractivity contribution in [3.05, 3.63) is 109 Å². The van der Waals surface area contributed by atoms with Crippen LogP contribution in [0.2, 0.25) is 0 Å². The second-order valence-electron chi connectivity index (χ2n) is 8.38. The highest BCUT2D eigenvalue weighted by Gasteiger charge is 2.14. The first-order valence-electron chi connectivity index (χ1n) is 11.6. The van der Waals surface area contributed by atoms with E-state index in [-0.39, 0.29) is 5.91 Å². The van der Waals surface area contributed by atoms with E-state index in [4.69, 9.17) is 4.52 Å². The molecule has 6 rings (SSSR count). The predicted molar refractivity (Wildman–Crippen MR) is 141 cm³/mol. The minimum absolute atomic E-state index is 0.224. The Morgan fingerprint density at radius 2 is 1.70 bits per heavy atom. The first kappa shape index (κ1) is 22.2. The third-order valence-corrected chi connectivity index (χ3v) is 5.75. The monoisotopic (exact) mass is 487 g/mol. The molecule has 2 N–H and O–H groups in total. The Balaban J connectivity index is 1.18. The molecule has 0 fully saturated rings. The van der Waals surface area contributed by atoms with Gasteiger partial charge in [-0.1, -0.05) is 35.5 Å². The number of rotatable bonds is 6. The van der Waals surface area contributed by atoms with Gasteiger partial charge in [0.1, 0.15) is 17.2 Å². The molecule has 3 aromatic heterocycles. The van der Waals surface area contributed by atoms with Crippen LogP contribution < -0.4 is 10.6 Å². The summed E-state index contributed by atoms with van der Waals surface area (Å²) in [6.45, 7) is 1.83. The maximum Gasteiger partial charge on any atom is 0.255 e. The molecular formula is C28H21N7O2. The van der Waals surface area contributed by atoms with Gasteiger partial charge < -0.3 is 15.2 Å². The van der Waals surface area contributed by atoms with E-state index in [1.54, 1.807) is 29.1 Å². The fourth-order valence-corrected chi connectivity index (χ4v) is 4.01. The molecule has 0 saturated heterocycles. The Kier molecular flexibility index (Phi) is 5.62. The van der Waals surface area contributed by atoms with E-state index in [9.17, 15) is 4.79 Å². The summed E-state index contributed by atoms with van der Waals surface area (Å²) in [5.41, 5.74) is 3.60. The van der Waals surface area contributed by atoms with Gasteiger partial charge in [0, 0.05) is 41.0 Å². The molecule has 9 nitrogen and oxygen atoms in total. The van der Waals surface area contributed by atoms with Crippen molar-refractivity contribution in [2.45, 2.75) is 6.92 Å². The number of aromatic nitrogens is 5. The Morgan fingerprint density at radius 1 is 0.892 bits per heavy atom. The molecule has 0 unspecified atom stereocenters. The molecule has 37 heavy (non-hydrogen) atoms. The van der Waals surface area contributed by atoms with Crippen LogP contribution in [0.1, 0.15) is 16.2 Å². The molecule has 0 saturated carbocycles. The van der Waals surface area contributed by atoms with Gasteiger partial charge in [-0.05, 0) is 55.5 Å². The summed E-state index contributed by atoms with van der Waals surface area (Å²) >= 11 is 0. The van der Waals surface area contributed by atoms with Gasteiger partial charge in [0.15, 0.2) is 11.6 Å². The number of hydrogen-bond donors (Lipinski definition) is 2. The van der Waals surface area contributed by atoms with Crippen LogP contribution >= 0.6 is 0 Å². The van der Waals surface area contributed by atoms with E-state index in [2.05, 4.69) is 30.9 Å². The molecule has 0 spiro atoms. The van der Waals surface area contributed by atoms with Crippen LogP contribution in [0.4, 0.5) is 17.2 Å². The third-order valence-electron chi connectivity index (χ3n) is 5.75. The van der Waals surface area contributed by atoms with Crippen LogP contribution in [-0.2, 0) is 0 Å². The van der Waals surface area contributed by atoms with Gasteiger partial charge in [0.05, 0.1) is 5.39 Å². The summed E-state index contributed by atoms with van der Waals surface area (Å²) in [6.07, 6.45) is 3.52. The van der Waals surface area contributed by atoms with E-state index in [0.29, 0.717) is 40.0 Å². The fourth-order valence-electron chi connectivity index (χ4n) is 4.01. The van der Waals surface area contributed by atoms with Crippen LogP contribution in [0.15, 0.2) is 102 Å². The molecule has 9 heteroatoms. The second kappa shape index (κ2) is 9.38. The van der Waals surface area contributed by atoms with Gasteiger partial charge in [-0.3, -0.25) is 4.79 Å². The van der Waals surface area contributed by atoms with Crippen LogP contribution in [0.25, 0.3) is 28.0 Å². The number of amides is 1. The molecule has 3 heterocycles. The Bertz CT molecular complexity index is 1690. The van der Waals surface area contributed by atoms with Crippen LogP contribution in [0, 0.1) is 6.92 Å². The Labute approximate surface area is 211 Å². The quantitative estimate of drug-likeness (QED) is 0.307. The summed E-state index contributed by atoms with van der Waals surface area (Å²) in [7, 11) is 0. The average Bonchev–Trinajstić information content (AvgIpc) is 3.60. The molecule has 180 valence electrons. The number of carbonyl (C=O) groups is 1. The van der Waals surface area contributed by atoms with E-state index < -0.39 is 0 Å². The number of carbonyl (C=O) groups excluding carboxylic acids is 1. The van der Waals surface area contributed by atoms with E-state index in [1.165, 1.54) is 0 Å². The summed E-state index contributed by atoms with van der Waals surface area (Å²) < 4.78 is 7.23. The number of fused-ring (bicyclic) bond motifs is 1. The van der Waals surface area contributed by atoms with Crippen molar-refractivity contribution in [3.63, 3.8) is 0 Å². The van der Waals surface area contributed by atoms with Gasteiger partial charge in [-0.15, -0.1) is 0 Å². The highest BCUT2D eigenvalue weighted by molar-refractivity contribution is 6.07. The van der Waals surface area contributed by atoms with Crippen LogP contribution in [-0.4, -0.2) is 30.8 Å². The number of nitrogens with one attached hydrogen (secondary N) is 2. The Morgan fingerprint density at radius 3 is 2.49 bits per heavy atom. The molecule has 3 aromatic carbocycles. The smallest absolute Gasteiger partial charge is 0.255 e. The Hall–Kier alpha value is -5.31. The van der Waals surface area contributed by atoms with E-state index in [1.807, 2.05) is 79.9 Å². The van der Waals surface area contributed by atoms with Crippen LogP contribution in [0.5, 0.6) is 0 Å². The van der Waals surface area contributed by atoms with Gasteiger partial charge in [-0.25, -0.2) is 14.6 Å². The number of anilines is 3. The van der Waals surface area contributed by atoms with Gasteiger partial charge >= 0.3 is 0 Å². The maximum absolute atomic E-state index is 13.0. The van der Waals surface area contributed by atoms with Gasteiger partial charge in [-0.2, -0.15) is 5.10 Å². The molecule has 0 aliphatic rings. The largest absolute Gasteiger partial charge is 0.355 e. The molecule has 0 aliphatic carbocycles. The number of aryl methyl sites for hydroxylation is 1. The van der Waals surface area contributed by atoms with E-state index in [0.717, 1.165) is 16.6 Å². The van der Waals surface area contributed by atoms with Crippen molar-refractivity contribution >= 4 is 34.0 Å². The first-order valence-corrected chi connectivity index (χ1v) is 11.6. The van der Waals surface area contributed by atoms with Crippen molar-refractivity contribution in [1.29, 1.82) is 0 Å². The molecule has 0 aliphatic heterocycles. The lowest BCUT2D eigenvalue weighted by atomic mass is 10.1. The van der Waals surface area contributed by atoms with Crippen molar-refractivity contribution in [2.24, 2.45) is 0 Å². The number of hydrogen-bond acceptors (Lipinski definition) is 7. The zero-order chi connectivity index (χ0) is 25.2. The highest BCUT2D eigenvalue weighted by atomic mass is 16.5. The van der Waals surface area contributed by atoms with Crippen molar-refractivity contribution in [2.75, 3.05) is 10.6 Å². The van der Waals surface area contributed by atoms with Gasteiger partial charge in [0.25, 0.3) is 5.91 Å². The fraction of sp³-hybridized carbons (Fsp3) is 0.0357. The minimum atomic E-state index is -0.224. The predicted octanol–water partition coefficient (Wildman–Crippen LogP) is 5.77. The lowest BCUT2D eigenvalue weighted by molar-refractivity contribution is 0.102. The minimum Gasteiger partial charge on any atom is -0.355 e. The molecule has 0 radical (unpaired) electrons.